The molecule has 0 aliphatic heterocycles. The number of halogens is 3. The van der Waals surface area contributed by atoms with Crippen LogP contribution in [0.3, 0.4) is 0 Å². The number of H-pyrrole nitrogens is 2. The van der Waals surface area contributed by atoms with Crippen LogP contribution in [0, 0.1) is 6.08 Å². The third-order valence-corrected chi connectivity index (χ3v) is 52.5. The Balaban J connectivity index is 0.000000125. The predicted molar refractivity (Wildman–Crippen MR) is 634 cm³/mol. The summed E-state index contributed by atoms with van der Waals surface area (Å²) in [6.07, 6.45) is 21.3. The van der Waals surface area contributed by atoms with Crippen LogP contribution in [-0.2, 0) is 15.9 Å². The molecular weight excluding hydrogens is 2160 g/mol. The van der Waals surface area contributed by atoms with Gasteiger partial charge in [-0.2, -0.15) is 10.2 Å². The fourth-order valence-electron chi connectivity index (χ4n) is 17.4. The van der Waals surface area contributed by atoms with Gasteiger partial charge < -0.3 is 0 Å². The molecule has 143 heavy (non-hydrogen) atoms. The molecule has 0 saturated heterocycles. The van der Waals surface area contributed by atoms with Crippen LogP contribution in [0.1, 0.15) is 85.7 Å². The fraction of sp³-hybridized carbons (Fsp3) is 0.0945. The average Bonchev–Trinajstić information content (AvgIpc) is 1.63. The van der Waals surface area contributed by atoms with Crippen LogP contribution in [0.15, 0.2) is 508 Å². The van der Waals surface area contributed by atoms with E-state index >= 15 is 0 Å². The van der Waals surface area contributed by atoms with E-state index in [1.165, 1.54) is 133 Å². The molecule has 1 aliphatic carbocycles. The number of ketones is 1. The first-order valence-corrected chi connectivity index (χ1v) is 67.7. The summed E-state index contributed by atoms with van der Waals surface area (Å²) in [6, 6.07) is 171. The molecule has 0 atom stereocenters. The minimum Gasteiger partial charge on any atom is -0.0622 e. The maximum Gasteiger partial charge on any atom is -0.0134 e. The van der Waals surface area contributed by atoms with E-state index in [-0.39, 0.29) is 21.7 Å². The Morgan fingerprint density at radius 3 is 0.937 bits per heavy atom. The quantitative estimate of drug-likeness (QED) is 0.0246. The molecule has 16 heteroatoms. The van der Waals surface area contributed by atoms with Crippen LogP contribution >= 0.6 is 89.3 Å². The Morgan fingerprint density at radius 2 is 0.622 bits per heavy atom. The third-order valence-electron chi connectivity index (χ3n) is 24.3. The largest absolute Gasteiger partial charge is 0.0622 e. The monoisotopic (exact) mass is 2270 g/mol. The van der Waals surface area contributed by atoms with Crippen molar-refractivity contribution in [3.05, 3.63) is 536 Å². The summed E-state index contributed by atoms with van der Waals surface area (Å²) in [7, 11) is 7.84. The number of carbonyl (C=O) groups is 1. The van der Waals surface area contributed by atoms with Crippen molar-refractivity contribution >= 4 is 225 Å². The standard InChI is InChI=1S/C22H14N2OS.4C18H15P.C15H8BrN2S.C6H5.3C4H9.2ClH.Pd.Sn/c25-22(14-6-2-1-3-7-14)16-10-17-13-23-24-21(17)18(11-16)20-12-15-8-4-5-9-19(15)26-20;4*1-4-10-16(11-5-1)19(17-12-6-2-7-13-17)18-14-8-3-9-15-18;16-11-5-10-8-17-18-15(10)12(7-11)14-6-9-3-1-2-4-13(9)19-14;1-2-4-6-5-3-1;3*1-3-4-2;;;;/h1-13H,(H,23,24);4*1-15H;2-8H,(H,17,18);1-5H;3*1,3-4H2,2H3;2*1H;;/q;;;;;+1;;;;;;;+2;/p-2. The zero-order chi connectivity index (χ0) is 98.7. The molecule has 2 N–H and O–H groups in total. The second kappa shape index (κ2) is 57.4. The number of allylic oxidation sites excluding steroid dienone is 2. The Hall–Kier alpha value is -11.4. The summed E-state index contributed by atoms with van der Waals surface area (Å²) in [6.45, 7) is 7.05. The maximum atomic E-state index is 12.9. The summed E-state index contributed by atoms with van der Waals surface area (Å²) in [4.78, 5) is 16.6. The summed E-state index contributed by atoms with van der Waals surface area (Å²) < 4.78 is 8.84. The minimum absolute atomic E-state index is 0.0241. The van der Waals surface area contributed by atoms with Crippen LogP contribution in [0.25, 0.3) is 64.9 Å². The van der Waals surface area contributed by atoms with E-state index in [9.17, 15) is 4.79 Å². The van der Waals surface area contributed by atoms with E-state index in [2.05, 4.69) is 500 Å². The van der Waals surface area contributed by atoms with Gasteiger partial charge in [0, 0.05) is 59.2 Å². The van der Waals surface area contributed by atoms with Crippen molar-refractivity contribution < 1.29 is 20.7 Å². The van der Waals surface area contributed by atoms with Crippen molar-refractivity contribution in [3.63, 3.8) is 0 Å². The molecule has 714 valence electrons. The third kappa shape index (κ3) is 30.2. The van der Waals surface area contributed by atoms with Crippen molar-refractivity contribution in [2.24, 2.45) is 0 Å². The second-order valence-electron chi connectivity index (χ2n) is 33.9. The minimum atomic E-state index is -2.10. The summed E-state index contributed by atoms with van der Waals surface area (Å²) >= 11 is 4.88. The number of thiophene rings is 2. The number of fused-ring (bicyclic) bond motifs is 4. The number of aromatic nitrogens is 4. The smallest absolute Gasteiger partial charge is 0.0134 e. The molecule has 21 aromatic rings. The van der Waals surface area contributed by atoms with Gasteiger partial charge in [0.1, 0.15) is 22.6 Å². The number of hydrogen-bond donors (Lipinski definition) is 2. The number of hydrogen-bond acceptors (Lipinski definition) is 5. The zero-order valence-electron chi connectivity index (χ0n) is 80.3. The SMILES string of the molecule is Brc1cc(-c2cc3c(s2)C=C[C+]=C3)c2[nH]ncc2c1.CCC[CH2][Sn]([CH2]CCC)([CH2]CCC)[c]1ccccc1.O=C(c1ccccc1)c1cc(-c2cc3ccccc3s2)c2[nH]ncc2c1.[Cl][Pd][Cl].c1ccc(P(c2ccccc2)c2ccccc2)cc1.c1ccc(P(c2ccccc2)c2ccccc2)cc1.c1ccc(P(c2ccccc2)c2ccccc2)cc1.c1ccc(P(c2ccccc2)c2ccccc2)cc1. The Morgan fingerprint density at radius 1 is 0.336 bits per heavy atom. The number of benzene rings is 17. The van der Waals surface area contributed by atoms with Gasteiger partial charge >= 0.3 is 160 Å². The molecule has 17 aromatic carbocycles. The van der Waals surface area contributed by atoms with Gasteiger partial charge in [-0.25, -0.2) is 0 Å². The Bertz CT molecular complexity index is 6440. The molecule has 0 saturated carbocycles. The summed E-state index contributed by atoms with van der Waals surface area (Å²) in [5.41, 5.74) is 6.84. The van der Waals surface area contributed by atoms with Crippen LogP contribution in [-0.4, -0.2) is 44.6 Å². The van der Waals surface area contributed by atoms with Gasteiger partial charge in [0.2, 0.25) is 0 Å². The first-order valence-electron chi connectivity index (χ1n) is 48.4. The Labute approximate surface area is 886 Å². The molecule has 1 aliphatic rings. The number of rotatable bonds is 26. The van der Waals surface area contributed by atoms with Gasteiger partial charge in [0.15, 0.2) is 5.78 Å². The van der Waals surface area contributed by atoms with Crippen LogP contribution in [0.4, 0.5) is 0 Å². The van der Waals surface area contributed by atoms with Gasteiger partial charge in [-0.15, -0.1) is 22.7 Å². The van der Waals surface area contributed by atoms with Crippen molar-refractivity contribution in [1.82, 2.24) is 20.4 Å². The molecule has 4 heterocycles. The second-order valence-corrected chi connectivity index (χ2v) is 61.5. The number of nitrogens with one attached hydrogen (secondary N) is 2. The molecule has 0 spiro atoms. The normalized spacial score (nSPS) is 11.1. The summed E-state index contributed by atoms with van der Waals surface area (Å²) in [5, 5.41) is 34.5. The van der Waals surface area contributed by atoms with E-state index in [1.807, 2.05) is 72.9 Å². The molecule has 0 radical (unpaired) electrons. The predicted octanol–water partition coefficient (Wildman–Crippen LogP) is 31.5. The van der Waals surface area contributed by atoms with E-state index in [0.29, 0.717) is 11.1 Å². The Kier molecular flexibility index (Phi) is 42.5. The molecule has 22 rings (SSSR count). The maximum absolute atomic E-state index is 12.9. The van der Waals surface area contributed by atoms with Crippen molar-refractivity contribution in [2.45, 2.75) is 72.6 Å². The van der Waals surface area contributed by atoms with Crippen molar-refractivity contribution in [2.75, 3.05) is 0 Å². The van der Waals surface area contributed by atoms with Gasteiger partial charge in [0.05, 0.1) is 34.4 Å². The summed E-state index contributed by atoms with van der Waals surface area (Å²) in [5.74, 6) is 0.0241. The number of aromatic amines is 2. The molecule has 0 unspecified atom stereocenters. The van der Waals surface area contributed by atoms with Crippen molar-refractivity contribution in [1.29, 1.82) is 0 Å². The van der Waals surface area contributed by atoms with Crippen molar-refractivity contribution in [3.8, 4) is 20.9 Å². The van der Waals surface area contributed by atoms with E-state index in [1.54, 1.807) is 45.8 Å². The molecular formula is C127H114BrCl2N4OP4PdS2Sn+. The first-order chi connectivity index (χ1) is 70.6. The first kappa shape index (κ1) is 106. The van der Waals surface area contributed by atoms with E-state index in [0.717, 1.165) is 36.7 Å². The van der Waals surface area contributed by atoms with Gasteiger partial charge in [-0.05, 0) is 137 Å². The van der Waals surface area contributed by atoms with Gasteiger partial charge in [0.25, 0.3) is 0 Å². The number of carbonyl (C=O) groups excluding carboxylic acids is 1. The number of unbranched alkanes of at least 4 members (excludes halogenated alkanes) is 3. The molecule has 4 aromatic heterocycles. The van der Waals surface area contributed by atoms with Crippen LogP contribution in [0.2, 0.25) is 13.3 Å². The molecule has 0 bridgehead atoms. The number of nitrogens with zero attached hydrogens (tertiary/aromatic N) is 2. The molecule has 0 amide bonds. The van der Waals surface area contributed by atoms with Crippen LogP contribution in [0.5, 0.6) is 0 Å². The van der Waals surface area contributed by atoms with E-state index in [4.69, 9.17) is 19.1 Å². The fourth-order valence-corrected chi connectivity index (χ4v) is 45.2. The topological polar surface area (TPSA) is 74.4 Å². The molecule has 0 fully saturated rings. The average molecular weight is 2280 g/mol. The zero-order valence-corrected chi connectivity index (χ0v) is 93.0. The molecule has 5 nitrogen and oxygen atoms in total. The van der Waals surface area contributed by atoms with E-state index < -0.39 is 50.1 Å². The van der Waals surface area contributed by atoms with Gasteiger partial charge in [-0.1, -0.05) is 428 Å². The van der Waals surface area contributed by atoms with Crippen LogP contribution < -0.4 is 67.2 Å². The van der Waals surface area contributed by atoms with Gasteiger partial charge in [-0.3, -0.25) is 15.0 Å².